The quantitative estimate of drug-likeness (QED) is 0.854. The zero-order chi connectivity index (χ0) is 16.6. The van der Waals surface area contributed by atoms with E-state index < -0.39 is 17.8 Å². The smallest absolute Gasteiger partial charge is 0.307 e. The minimum atomic E-state index is -0.854. The number of hydrogen-bond acceptors (Lipinski definition) is 2. The predicted octanol–water partition coefficient (Wildman–Crippen LogP) is 3.02. The summed E-state index contributed by atoms with van der Waals surface area (Å²) in [5.74, 6) is -1.88. The second kappa shape index (κ2) is 6.19. The molecular formula is C19H23NO3. The number of carbonyl (C=O) groups excluding carboxylic acids is 1. The van der Waals surface area contributed by atoms with Crippen LogP contribution in [0.2, 0.25) is 0 Å². The minimum Gasteiger partial charge on any atom is -0.481 e. The SMILES string of the molecule is CC1=C(C)C[C@H](C(=O)N2CCc3ccccc3C2)[C@@H](C(=O)O)C1. The largest absolute Gasteiger partial charge is 0.481 e. The summed E-state index contributed by atoms with van der Waals surface area (Å²) >= 11 is 0. The van der Waals surface area contributed by atoms with E-state index in [0.717, 1.165) is 12.0 Å². The molecule has 0 spiro atoms. The molecule has 2 atom stereocenters. The molecular weight excluding hydrogens is 290 g/mol. The summed E-state index contributed by atoms with van der Waals surface area (Å²) in [5.41, 5.74) is 4.75. The molecule has 23 heavy (non-hydrogen) atoms. The molecule has 2 aliphatic rings. The van der Waals surface area contributed by atoms with Crippen LogP contribution in [0.1, 0.15) is 37.8 Å². The Morgan fingerprint density at radius 3 is 2.30 bits per heavy atom. The first-order chi connectivity index (χ1) is 11.0. The van der Waals surface area contributed by atoms with Crippen LogP contribution in [0, 0.1) is 11.8 Å². The summed E-state index contributed by atoms with van der Waals surface area (Å²) < 4.78 is 0. The maximum Gasteiger partial charge on any atom is 0.307 e. The molecule has 0 unspecified atom stereocenters. The molecule has 1 aromatic rings. The van der Waals surface area contributed by atoms with E-state index >= 15 is 0 Å². The van der Waals surface area contributed by atoms with Gasteiger partial charge in [0.05, 0.1) is 11.8 Å². The number of allylic oxidation sites excluding steroid dienone is 2. The maximum absolute atomic E-state index is 13.0. The van der Waals surface area contributed by atoms with Crippen molar-refractivity contribution in [3.63, 3.8) is 0 Å². The average molecular weight is 313 g/mol. The molecule has 3 rings (SSSR count). The summed E-state index contributed by atoms with van der Waals surface area (Å²) in [6.07, 6.45) is 1.90. The molecule has 4 nitrogen and oxygen atoms in total. The molecule has 4 heteroatoms. The molecule has 0 saturated carbocycles. The molecule has 1 aliphatic carbocycles. The highest BCUT2D eigenvalue weighted by molar-refractivity contribution is 5.86. The highest BCUT2D eigenvalue weighted by atomic mass is 16.4. The minimum absolute atomic E-state index is 0.00115. The number of nitrogens with zero attached hydrogens (tertiary/aromatic N) is 1. The van der Waals surface area contributed by atoms with Gasteiger partial charge in [0.15, 0.2) is 0 Å². The molecule has 1 aliphatic heterocycles. The fourth-order valence-corrected chi connectivity index (χ4v) is 3.73. The molecule has 0 aromatic heterocycles. The number of amides is 1. The lowest BCUT2D eigenvalue weighted by Crippen LogP contribution is -2.44. The van der Waals surface area contributed by atoms with Gasteiger partial charge >= 0.3 is 5.97 Å². The van der Waals surface area contributed by atoms with E-state index in [1.165, 1.54) is 16.7 Å². The molecule has 122 valence electrons. The molecule has 0 fully saturated rings. The van der Waals surface area contributed by atoms with Gasteiger partial charge < -0.3 is 10.0 Å². The third-order valence-corrected chi connectivity index (χ3v) is 5.34. The van der Waals surface area contributed by atoms with Gasteiger partial charge in [-0.05, 0) is 44.2 Å². The Morgan fingerprint density at radius 2 is 1.65 bits per heavy atom. The third-order valence-electron chi connectivity index (χ3n) is 5.34. The summed E-state index contributed by atoms with van der Waals surface area (Å²) in [6, 6.07) is 8.17. The van der Waals surface area contributed by atoms with Crippen molar-refractivity contribution in [1.82, 2.24) is 4.90 Å². The van der Waals surface area contributed by atoms with Crippen LogP contribution in [0.25, 0.3) is 0 Å². The molecule has 1 heterocycles. The lowest BCUT2D eigenvalue weighted by molar-refractivity contribution is -0.151. The van der Waals surface area contributed by atoms with Gasteiger partial charge in [0, 0.05) is 13.1 Å². The van der Waals surface area contributed by atoms with Gasteiger partial charge in [0.25, 0.3) is 0 Å². The normalized spacial score (nSPS) is 24.3. The van der Waals surface area contributed by atoms with Crippen LogP contribution in [-0.4, -0.2) is 28.4 Å². The number of benzene rings is 1. The van der Waals surface area contributed by atoms with Crippen LogP contribution in [0.15, 0.2) is 35.4 Å². The number of hydrogen-bond donors (Lipinski definition) is 1. The summed E-state index contributed by atoms with van der Waals surface area (Å²) in [4.78, 5) is 26.4. The van der Waals surface area contributed by atoms with Gasteiger partial charge in [-0.1, -0.05) is 35.4 Å². The van der Waals surface area contributed by atoms with Crippen molar-refractivity contribution in [3.8, 4) is 0 Å². The van der Waals surface area contributed by atoms with Crippen LogP contribution in [0.3, 0.4) is 0 Å². The van der Waals surface area contributed by atoms with Crippen LogP contribution < -0.4 is 0 Å². The van der Waals surface area contributed by atoms with E-state index in [9.17, 15) is 14.7 Å². The van der Waals surface area contributed by atoms with E-state index in [0.29, 0.717) is 25.9 Å². The Bertz CT molecular complexity index is 677. The van der Waals surface area contributed by atoms with E-state index in [-0.39, 0.29) is 5.91 Å². The lowest BCUT2D eigenvalue weighted by Gasteiger charge is -2.36. The number of carboxylic acid groups (broad SMARTS) is 1. The zero-order valence-electron chi connectivity index (χ0n) is 13.7. The van der Waals surface area contributed by atoms with Crippen LogP contribution in [0.5, 0.6) is 0 Å². The summed E-state index contributed by atoms with van der Waals surface area (Å²) in [5, 5.41) is 9.52. The zero-order valence-corrected chi connectivity index (χ0v) is 13.7. The summed E-state index contributed by atoms with van der Waals surface area (Å²) in [7, 11) is 0. The Kier molecular flexibility index (Phi) is 4.24. The van der Waals surface area contributed by atoms with Gasteiger partial charge in [-0.25, -0.2) is 0 Å². The first kappa shape index (κ1) is 15.8. The van der Waals surface area contributed by atoms with Gasteiger partial charge in [-0.15, -0.1) is 0 Å². The van der Waals surface area contributed by atoms with Gasteiger partial charge in [0.1, 0.15) is 0 Å². The highest BCUT2D eigenvalue weighted by Gasteiger charge is 2.39. The van der Waals surface area contributed by atoms with Gasteiger partial charge in [-0.3, -0.25) is 9.59 Å². The molecule has 1 aromatic carbocycles. The second-order valence-electron chi connectivity index (χ2n) is 6.80. The van der Waals surface area contributed by atoms with Gasteiger partial charge in [0.2, 0.25) is 5.91 Å². The van der Waals surface area contributed by atoms with Crippen molar-refractivity contribution < 1.29 is 14.7 Å². The average Bonchev–Trinajstić information content (AvgIpc) is 2.55. The van der Waals surface area contributed by atoms with Crippen molar-refractivity contribution in [1.29, 1.82) is 0 Å². The topological polar surface area (TPSA) is 57.6 Å². The van der Waals surface area contributed by atoms with Crippen LogP contribution in [0.4, 0.5) is 0 Å². The second-order valence-corrected chi connectivity index (χ2v) is 6.80. The monoisotopic (exact) mass is 313 g/mol. The van der Waals surface area contributed by atoms with E-state index in [1.54, 1.807) is 0 Å². The molecule has 0 saturated heterocycles. The number of fused-ring (bicyclic) bond motifs is 1. The van der Waals surface area contributed by atoms with Crippen molar-refractivity contribution in [2.75, 3.05) is 6.54 Å². The van der Waals surface area contributed by atoms with Gasteiger partial charge in [-0.2, -0.15) is 0 Å². The Morgan fingerprint density at radius 1 is 1.04 bits per heavy atom. The lowest BCUT2D eigenvalue weighted by atomic mass is 9.75. The Labute approximate surface area is 136 Å². The van der Waals surface area contributed by atoms with Crippen molar-refractivity contribution >= 4 is 11.9 Å². The van der Waals surface area contributed by atoms with Crippen LogP contribution in [-0.2, 0) is 22.6 Å². The predicted molar refractivity (Wildman–Crippen MR) is 87.8 cm³/mol. The van der Waals surface area contributed by atoms with Crippen molar-refractivity contribution in [2.24, 2.45) is 11.8 Å². The molecule has 1 N–H and O–H groups in total. The molecule has 0 bridgehead atoms. The number of carbonyl (C=O) groups is 2. The van der Waals surface area contributed by atoms with E-state index in [1.807, 2.05) is 30.9 Å². The number of aliphatic carboxylic acids is 1. The highest BCUT2D eigenvalue weighted by Crippen LogP contribution is 2.36. The van der Waals surface area contributed by atoms with Crippen LogP contribution >= 0.6 is 0 Å². The first-order valence-corrected chi connectivity index (χ1v) is 8.21. The first-order valence-electron chi connectivity index (χ1n) is 8.21. The van der Waals surface area contributed by atoms with E-state index in [2.05, 4.69) is 12.1 Å². The van der Waals surface area contributed by atoms with E-state index in [4.69, 9.17) is 0 Å². The van der Waals surface area contributed by atoms with Crippen molar-refractivity contribution in [3.05, 3.63) is 46.5 Å². The molecule has 1 amide bonds. The maximum atomic E-state index is 13.0. The Balaban J connectivity index is 1.81. The number of carboxylic acids is 1. The summed E-state index contributed by atoms with van der Waals surface area (Å²) in [6.45, 7) is 5.27. The Hall–Kier alpha value is -2.10. The van der Waals surface area contributed by atoms with Crippen molar-refractivity contribution in [2.45, 2.75) is 39.7 Å². The number of rotatable bonds is 2. The third kappa shape index (κ3) is 3.03. The fourth-order valence-electron chi connectivity index (χ4n) is 3.73. The standard InChI is InChI=1S/C19H23NO3/c1-12-9-16(17(19(22)23)10-13(12)2)18(21)20-8-7-14-5-3-4-6-15(14)11-20/h3-6,16-17H,7-11H2,1-2H3,(H,22,23)/t16-,17-/m0/s1. The fraction of sp³-hybridized carbons (Fsp3) is 0.474. The molecule has 0 radical (unpaired) electrons.